The van der Waals surface area contributed by atoms with Crippen LogP contribution in [0.1, 0.15) is 5.56 Å². The number of amides is 1. The first-order valence-corrected chi connectivity index (χ1v) is 9.29. The van der Waals surface area contributed by atoms with Crippen LogP contribution in [0.15, 0.2) is 52.2 Å². The number of halogens is 1. The summed E-state index contributed by atoms with van der Waals surface area (Å²) >= 11 is 6.41. The Bertz CT molecular complexity index is 1210. The van der Waals surface area contributed by atoms with E-state index in [2.05, 4.69) is 0 Å². The molecule has 1 saturated heterocycles. The molecule has 0 radical (unpaired) electrons. The van der Waals surface area contributed by atoms with Gasteiger partial charge in [-0.3, -0.25) is 18.8 Å². The average molecular weight is 399 g/mol. The molecule has 0 unspecified atom stereocenters. The third kappa shape index (κ3) is 2.81. The first kappa shape index (κ1) is 17.7. The van der Waals surface area contributed by atoms with E-state index >= 15 is 0 Å². The van der Waals surface area contributed by atoms with Crippen molar-refractivity contribution in [2.45, 2.75) is 0 Å². The van der Waals surface area contributed by atoms with Gasteiger partial charge in [-0.2, -0.15) is 0 Å². The highest BCUT2D eigenvalue weighted by Crippen LogP contribution is 2.37. The number of aryl methyl sites for hydroxylation is 2. The van der Waals surface area contributed by atoms with Crippen molar-refractivity contribution in [3.05, 3.63) is 69.2 Å². The standard InChI is InChI=1S/C19H14FN3O2S2/c1-21-14-8-7-11(9-15(14)22(2)18(21)25)10-16-17(24)23(19(26)27-16)13-6-4-3-5-12(13)20/h3-10H,1-2H3/b16-10-. The Morgan fingerprint density at radius 1 is 1.04 bits per heavy atom. The zero-order valence-corrected chi connectivity index (χ0v) is 16.1. The van der Waals surface area contributed by atoms with Crippen LogP contribution in [0.3, 0.4) is 0 Å². The maximum absolute atomic E-state index is 14.1. The van der Waals surface area contributed by atoms with E-state index in [9.17, 15) is 14.0 Å². The van der Waals surface area contributed by atoms with Crippen molar-refractivity contribution in [2.24, 2.45) is 14.1 Å². The molecule has 8 heteroatoms. The maximum atomic E-state index is 14.1. The molecular formula is C19H14FN3O2S2. The van der Waals surface area contributed by atoms with Crippen LogP contribution in [0.5, 0.6) is 0 Å². The number of aromatic nitrogens is 2. The molecule has 0 spiro atoms. The van der Waals surface area contributed by atoms with Gasteiger partial charge in [0.2, 0.25) is 0 Å². The van der Waals surface area contributed by atoms with Crippen molar-refractivity contribution < 1.29 is 9.18 Å². The Kier molecular flexibility index (Phi) is 4.24. The minimum absolute atomic E-state index is 0.118. The van der Waals surface area contributed by atoms with Crippen LogP contribution in [0, 0.1) is 5.82 Å². The number of carbonyl (C=O) groups is 1. The number of nitrogens with zero attached hydrogens (tertiary/aromatic N) is 3. The molecule has 4 rings (SSSR count). The van der Waals surface area contributed by atoms with Gasteiger partial charge in [0.05, 0.1) is 21.6 Å². The van der Waals surface area contributed by atoms with Crippen molar-refractivity contribution in [3.8, 4) is 0 Å². The molecule has 27 heavy (non-hydrogen) atoms. The maximum Gasteiger partial charge on any atom is 0.328 e. The highest BCUT2D eigenvalue weighted by atomic mass is 32.2. The van der Waals surface area contributed by atoms with E-state index < -0.39 is 5.82 Å². The largest absolute Gasteiger partial charge is 0.328 e. The lowest BCUT2D eigenvalue weighted by molar-refractivity contribution is -0.113. The van der Waals surface area contributed by atoms with Crippen LogP contribution in [-0.4, -0.2) is 19.4 Å². The Morgan fingerprint density at radius 3 is 2.48 bits per heavy atom. The fraction of sp³-hybridized carbons (Fsp3) is 0.105. The summed E-state index contributed by atoms with van der Waals surface area (Å²) in [5, 5.41) is 0. The molecular weight excluding hydrogens is 385 g/mol. The number of hydrogen-bond donors (Lipinski definition) is 0. The highest BCUT2D eigenvalue weighted by molar-refractivity contribution is 8.27. The number of para-hydroxylation sites is 1. The van der Waals surface area contributed by atoms with Gasteiger partial charge in [-0.1, -0.05) is 42.2 Å². The van der Waals surface area contributed by atoms with Crippen LogP contribution < -0.4 is 10.6 Å². The van der Waals surface area contributed by atoms with E-state index in [-0.39, 0.29) is 21.6 Å². The third-order valence-electron chi connectivity index (χ3n) is 4.48. The Balaban J connectivity index is 1.75. The van der Waals surface area contributed by atoms with Crippen molar-refractivity contribution in [1.29, 1.82) is 0 Å². The van der Waals surface area contributed by atoms with E-state index in [0.717, 1.165) is 28.4 Å². The van der Waals surface area contributed by atoms with Crippen molar-refractivity contribution in [2.75, 3.05) is 4.90 Å². The van der Waals surface area contributed by atoms with E-state index in [0.29, 0.717) is 4.91 Å². The number of thioether (sulfide) groups is 1. The molecule has 2 aromatic carbocycles. The topological polar surface area (TPSA) is 47.2 Å². The first-order valence-electron chi connectivity index (χ1n) is 8.06. The van der Waals surface area contributed by atoms with E-state index in [1.165, 1.54) is 17.0 Å². The van der Waals surface area contributed by atoms with Gasteiger partial charge in [0.25, 0.3) is 5.91 Å². The Hall–Kier alpha value is -2.71. The molecule has 0 bridgehead atoms. The summed E-state index contributed by atoms with van der Waals surface area (Å²) in [4.78, 5) is 26.5. The summed E-state index contributed by atoms with van der Waals surface area (Å²) in [6.45, 7) is 0. The fourth-order valence-electron chi connectivity index (χ4n) is 3.07. The SMILES string of the molecule is Cn1c(=O)n(C)c2cc(/C=C3\SC(=S)N(c4ccccc4F)C3=O)ccc21. The zero-order valence-electron chi connectivity index (χ0n) is 14.5. The second-order valence-corrected chi connectivity index (χ2v) is 7.79. The number of thiocarbonyl (C=S) groups is 1. The predicted octanol–water partition coefficient (Wildman–Crippen LogP) is 3.42. The van der Waals surface area contributed by atoms with Gasteiger partial charge in [-0.25, -0.2) is 9.18 Å². The van der Waals surface area contributed by atoms with Crippen LogP contribution in [-0.2, 0) is 18.9 Å². The van der Waals surface area contributed by atoms with Crippen LogP contribution >= 0.6 is 24.0 Å². The zero-order chi connectivity index (χ0) is 19.3. The Morgan fingerprint density at radius 2 is 1.74 bits per heavy atom. The molecule has 1 amide bonds. The third-order valence-corrected chi connectivity index (χ3v) is 5.78. The summed E-state index contributed by atoms with van der Waals surface area (Å²) < 4.78 is 17.5. The predicted molar refractivity (Wildman–Crippen MR) is 110 cm³/mol. The number of fused-ring (bicyclic) bond motifs is 1. The number of carbonyl (C=O) groups excluding carboxylic acids is 1. The normalized spacial score (nSPS) is 16.1. The Labute approximate surface area is 163 Å². The molecule has 3 aromatic rings. The summed E-state index contributed by atoms with van der Waals surface area (Å²) in [5.74, 6) is -0.868. The molecule has 1 aliphatic rings. The number of benzene rings is 2. The van der Waals surface area contributed by atoms with Gasteiger partial charge in [-0.15, -0.1) is 0 Å². The first-order chi connectivity index (χ1) is 12.9. The fourth-order valence-corrected chi connectivity index (χ4v) is 4.36. The van der Waals surface area contributed by atoms with E-state index in [1.54, 1.807) is 41.4 Å². The number of anilines is 1. The molecule has 0 aliphatic carbocycles. The van der Waals surface area contributed by atoms with Gasteiger partial charge in [0, 0.05) is 14.1 Å². The van der Waals surface area contributed by atoms with Crippen molar-refractivity contribution in [3.63, 3.8) is 0 Å². The molecule has 1 fully saturated rings. The lowest BCUT2D eigenvalue weighted by Gasteiger charge is -2.14. The lowest BCUT2D eigenvalue weighted by atomic mass is 10.1. The molecule has 5 nitrogen and oxygen atoms in total. The average Bonchev–Trinajstić information content (AvgIpc) is 3.04. The molecule has 0 N–H and O–H groups in total. The van der Waals surface area contributed by atoms with Crippen LogP contribution in [0.4, 0.5) is 10.1 Å². The van der Waals surface area contributed by atoms with Crippen molar-refractivity contribution >= 4 is 57.0 Å². The summed E-state index contributed by atoms with van der Waals surface area (Å²) in [7, 11) is 3.41. The van der Waals surface area contributed by atoms with E-state index in [4.69, 9.17) is 12.2 Å². The number of rotatable bonds is 2. The molecule has 136 valence electrons. The smallest absolute Gasteiger partial charge is 0.295 e. The monoisotopic (exact) mass is 399 g/mol. The second-order valence-electron chi connectivity index (χ2n) is 6.12. The summed E-state index contributed by atoms with van der Waals surface area (Å²) in [6, 6.07) is 11.5. The molecule has 0 atom stereocenters. The molecule has 1 aliphatic heterocycles. The second kappa shape index (κ2) is 6.47. The van der Waals surface area contributed by atoms with Gasteiger partial charge < -0.3 is 0 Å². The minimum Gasteiger partial charge on any atom is -0.295 e. The van der Waals surface area contributed by atoms with Gasteiger partial charge in [0.1, 0.15) is 5.82 Å². The van der Waals surface area contributed by atoms with Crippen LogP contribution in [0.2, 0.25) is 0 Å². The van der Waals surface area contributed by atoms with Gasteiger partial charge in [-0.05, 0) is 35.9 Å². The van der Waals surface area contributed by atoms with Crippen LogP contribution in [0.25, 0.3) is 17.1 Å². The van der Waals surface area contributed by atoms with Gasteiger partial charge in [0.15, 0.2) is 4.32 Å². The summed E-state index contributed by atoms with van der Waals surface area (Å²) in [6.07, 6.45) is 1.71. The van der Waals surface area contributed by atoms with E-state index in [1.807, 2.05) is 18.2 Å². The number of hydrogen-bond acceptors (Lipinski definition) is 4. The minimum atomic E-state index is -0.504. The highest BCUT2D eigenvalue weighted by Gasteiger charge is 2.34. The quantitative estimate of drug-likeness (QED) is 0.489. The molecule has 0 saturated carbocycles. The van der Waals surface area contributed by atoms with Crippen molar-refractivity contribution in [1.82, 2.24) is 9.13 Å². The summed E-state index contributed by atoms with van der Waals surface area (Å²) in [5.41, 5.74) is 2.36. The number of imidazole rings is 1. The lowest BCUT2D eigenvalue weighted by Crippen LogP contribution is -2.28. The molecule has 2 heterocycles. The van der Waals surface area contributed by atoms with Gasteiger partial charge >= 0.3 is 5.69 Å². The molecule has 1 aromatic heterocycles.